The lowest BCUT2D eigenvalue weighted by Crippen LogP contribution is -2.21. The van der Waals surface area contributed by atoms with Crippen molar-refractivity contribution in [3.05, 3.63) is 23.1 Å². The first-order chi connectivity index (χ1) is 10.7. The Labute approximate surface area is 132 Å². The fraction of sp³-hybridized carbons (Fsp3) is 0.500. The lowest BCUT2D eigenvalue weighted by atomic mass is 10.2. The monoisotopic (exact) mass is 322 g/mol. The fourth-order valence-corrected chi connectivity index (χ4v) is 3.10. The number of nitrogens with zero attached hydrogens (tertiary/aromatic N) is 4. The highest BCUT2D eigenvalue weighted by Gasteiger charge is 2.18. The average Bonchev–Trinajstić information content (AvgIpc) is 3.17. The van der Waals surface area contributed by atoms with E-state index in [1.54, 1.807) is 0 Å². The number of aryl methyl sites for hydroxylation is 1. The Morgan fingerprint density at radius 1 is 1.32 bits per heavy atom. The molecule has 0 spiro atoms. The van der Waals surface area contributed by atoms with Crippen LogP contribution in [0.4, 0.5) is 21.3 Å². The largest absolute Gasteiger partial charge is 0.375 e. The molecule has 0 aliphatic carbocycles. The van der Waals surface area contributed by atoms with Crippen molar-refractivity contribution < 1.29 is 4.39 Å². The number of hydrogen-bond acceptors (Lipinski definition) is 7. The van der Waals surface area contributed by atoms with Crippen molar-refractivity contribution >= 4 is 28.2 Å². The van der Waals surface area contributed by atoms with E-state index < -0.39 is 0 Å². The Balaban J connectivity index is 1.52. The molecule has 118 valence electrons. The summed E-state index contributed by atoms with van der Waals surface area (Å²) in [7, 11) is 0. The van der Waals surface area contributed by atoms with Gasteiger partial charge in [0.2, 0.25) is 5.95 Å². The Hall–Kier alpha value is -1.96. The second-order valence-corrected chi connectivity index (χ2v) is 6.16. The highest BCUT2D eigenvalue weighted by Crippen LogP contribution is 2.21. The minimum Gasteiger partial charge on any atom is -0.375 e. The summed E-state index contributed by atoms with van der Waals surface area (Å²) in [6.45, 7) is 2.43. The highest BCUT2D eigenvalue weighted by molar-refractivity contribution is 7.13. The van der Waals surface area contributed by atoms with Gasteiger partial charge in [0.15, 0.2) is 16.8 Å². The van der Waals surface area contributed by atoms with Crippen LogP contribution in [0, 0.1) is 5.82 Å². The van der Waals surface area contributed by atoms with Gasteiger partial charge in [-0.2, -0.15) is 4.98 Å². The van der Waals surface area contributed by atoms with E-state index in [-0.39, 0.29) is 5.82 Å². The molecule has 2 aromatic heterocycles. The molecule has 0 aromatic carbocycles. The minimum absolute atomic E-state index is 0.356. The van der Waals surface area contributed by atoms with E-state index in [1.807, 2.05) is 10.3 Å². The van der Waals surface area contributed by atoms with Crippen molar-refractivity contribution in [3.8, 4) is 0 Å². The molecule has 0 atom stereocenters. The maximum Gasteiger partial charge on any atom is 0.224 e. The van der Waals surface area contributed by atoms with Gasteiger partial charge < -0.3 is 16.0 Å². The van der Waals surface area contributed by atoms with Crippen LogP contribution >= 0.6 is 11.3 Å². The van der Waals surface area contributed by atoms with Gasteiger partial charge in [-0.05, 0) is 25.7 Å². The maximum absolute atomic E-state index is 13.8. The molecule has 22 heavy (non-hydrogen) atoms. The van der Waals surface area contributed by atoms with Crippen LogP contribution in [0.3, 0.4) is 0 Å². The van der Waals surface area contributed by atoms with Crippen LogP contribution in [0.5, 0.6) is 0 Å². The van der Waals surface area contributed by atoms with Gasteiger partial charge in [-0.25, -0.2) is 14.4 Å². The molecular formula is C14H19FN6S. The van der Waals surface area contributed by atoms with Gasteiger partial charge >= 0.3 is 0 Å². The van der Waals surface area contributed by atoms with Crippen molar-refractivity contribution in [2.24, 2.45) is 0 Å². The highest BCUT2D eigenvalue weighted by atomic mass is 32.1. The molecule has 1 aliphatic rings. The fourth-order valence-electron chi connectivity index (χ4n) is 2.50. The predicted octanol–water partition coefficient (Wildman–Crippen LogP) is 2.30. The van der Waals surface area contributed by atoms with Crippen LogP contribution in [0.25, 0.3) is 0 Å². The molecule has 3 heterocycles. The van der Waals surface area contributed by atoms with E-state index in [0.717, 1.165) is 44.5 Å². The van der Waals surface area contributed by atoms with Crippen molar-refractivity contribution in [2.75, 3.05) is 35.6 Å². The van der Waals surface area contributed by atoms with Gasteiger partial charge in [0.1, 0.15) is 0 Å². The summed E-state index contributed by atoms with van der Waals surface area (Å²) in [4.78, 5) is 14.5. The minimum atomic E-state index is -0.356. The molecule has 0 radical (unpaired) electrons. The van der Waals surface area contributed by atoms with Crippen molar-refractivity contribution in [3.63, 3.8) is 0 Å². The summed E-state index contributed by atoms with van der Waals surface area (Å²) in [5.74, 6) is 0.522. The molecule has 1 saturated heterocycles. The predicted molar refractivity (Wildman–Crippen MR) is 86.8 cm³/mol. The van der Waals surface area contributed by atoms with Gasteiger partial charge in [-0.3, -0.25) is 0 Å². The van der Waals surface area contributed by atoms with Gasteiger partial charge in [-0.15, -0.1) is 11.3 Å². The Morgan fingerprint density at radius 3 is 2.86 bits per heavy atom. The summed E-state index contributed by atoms with van der Waals surface area (Å²) >= 11 is 1.45. The van der Waals surface area contributed by atoms with Gasteiger partial charge in [0, 0.05) is 25.0 Å². The third-order valence-corrected chi connectivity index (χ3v) is 4.32. The van der Waals surface area contributed by atoms with Crippen molar-refractivity contribution in [2.45, 2.75) is 25.7 Å². The van der Waals surface area contributed by atoms with Crippen LogP contribution in [-0.4, -0.2) is 34.6 Å². The standard InChI is InChI=1S/C14H19FN6S/c15-11-8-18-14(20-12(11)21-6-1-2-7-21)17-5-3-4-10-9-22-13(16)19-10/h8-9H,1-7H2,(H2,16,19)(H,17,18,20). The maximum atomic E-state index is 13.8. The zero-order chi connectivity index (χ0) is 15.4. The SMILES string of the molecule is Nc1nc(CCCNc2ncc(F)c(N3CCCC3)n2)cs1. The van der Waals surface area contributed by atoms with Gasteiger partial charge in [0.05, 0.1) is 11.9 Å². The molecule has 0 amide bonds. The summed E-state index contributed by atoms with van der Waals surface area (Å²) < 4.78 is 13.8. The molecule has 1 fully saturated rings. The van der Waals surface area contributed by atoms with Crippen LogP contribution in [-0.2, 0) is 6.42 Å². The average molecular weight is 322 g/mol. The summed E-state index contributed by atoms with van der Waals surface area (Å²) in [6, 6.07) is 0. The van der Waals surface area contributed by atoms with Gasteiger partial charge in [0.25, 0.3) is 0 Å². The number of nitrogen functional groups attached to an aromatic ring is 1. The second kappa shape index (κ2) is 6.87. The zero-order valence-corrected chi connectivity index (χ0v) is 13.1. The molecule has 0 unspecified atom stereocenters. The summed E-state index contributed by atoms with van der Waals surface area (Å²) in [5.41, 5.74) is 6.60. The Kier molecular flexibility index (Phi) is 4.67. The molecule has 1 aliphatic heterocycles. The quantitative estimate of drug-likeness (QED) is 0.794. The number of nitrogens with two attached hydrogens (primary N) is 1. The lowest BCUT2D eigenvalue weighted by Gasteiger charge is -2.17. The van der Waals surface area contributed by atoms with Crippen LogP contribution in [0.15, 0.2) is 11.6 Å². The Morgan fingerprint density at radius 2 is 2.14 bits per heavy atom. The summed E-state index contributed by atoms with van der Waals surface area (Å²) in [5, 5.41) is 5.71. The Bertz CT molecular complexity index is 626. The third kappa shape index (κ3) is 3.62. The number of rotatable bonds is 6. The molecule has 0 saturated carbocycles. The van der Waals surface area contributed by atoms with Crippen LogP contribution in [0.1, 0.15) is 25.0 Å². The van der Waals surface area contributed by atoms with E-state index >= 15 is 0 Å². The molecule has 6 nitrogen and oxygen atoms in total. The number of anilines is 3. The first-order valence-electron chi connectivity index (χ1n) is 7.43. The lowest BCUT2D eigenvalue weighted by molar-refractivity contribution is 0.608. The normalized spacial score (nSPS) is 14.5. The molecule has 3 rings (SSSR count). The number of nitrogens with one attached hydrogen (secondary N) is 1. The molecule has 8 heteroatoms. The van der Waals surface area contributed by atoms with Gasteiger partial charge in [-0.1, -0.05) is 0 Å². The van der Waals surface area contributed by atoms with E-state index in [1.165, 1.54) is 17.5 Å². The number of thiazole rings is 1. The van der Waals surface area contributed by atoms with E-state index in [4.69, 9.17) is 5.73 Å². The smallest absolute Gasteiger partial charge is 0.224 e. The third-order valence-electron chi connectivity index (χ3n) is 3.59. The number of aromatic nitrogens is 3. The second-order valence-electron chi connectivity index (χ2n) is 5.27. The molecule has 0 bridgehead atoms. The van der Waals surface area contributed by atoms with E-state index in [0.29, 0.717) is 23.4 Å². The van der Waals surface area contributed by atoms with Crippen LogP contribution in [0.2, 0.25) is 0 Å². The molecule has 3 N–H and O–H groups in total. The first-order valence-corrected chi connectivity index (χ1v) is 8.31. The summed E-state index contributed by atoms with van der Waals surface area (Å²) in [6.07, 6.45) is 5.15. The zero-order valence-electron chi connectivity index (χ0n) is 12.3. The van der Waals surface area contributed by atoms with Crippen molar-refractivity contribution in [1.82, 2.24) is 15.0 Å². The first kappa shape index (κ1) is 15.0. The van der Waals surface area contributed by atoms with Crippen molar-refractivity contribution in [1.29, 1.82) is 0 Å². The molecular weight excluding hydrogens is 303 g/mol. The number of halogens is 1. The van der Waals surface area contributed by atoms with E-state index in [2.05, 4.69) is 20.3 Å². The topological polar surface area (TPSA) is 80.0 Å². The van der Waals surface area contributed by atoms with E-state index in [9.17, 15) is 4.39 Å². The number of hydrogen-bond donors (Lipinski definition) is 2. The molecule has 2 aromatic rings. The van der Waals surface area contributed by atoms with Crippen LogP contribution < -0.4 is 16.0 Å².